The van der Waals surface area contributed by atoms with Gasteiger partial charge < -0.3 is 0 Å². The normalized spacial score (nSPS) is 47.1. The maximum absolute atomic E-state index is 12.1. The lowest BCUT2D eigenvalue weighted by molar-refractivity contribution is -0.136. The molecule has 0 aliphatic heterocycles. The molecule has 15 heavy (non-hydrogen) atoms. The summed E-state index contributed by atoms with van der Waals surface area (Å²) in [5.41, 5.74) is 0.208. The van der Waals surface area contributed by atoms with Crippen LogP contribution in [0.3, 0.4) is 0 Å². The van der Waals surface area contributed by atoms with Crippen LogP contribution in [0.4, 0.5) is 0 Å². The minimum atomic E-state index is -0.435. The van der Waals surface area contributed by atoms with Crippen LogP contribution in [-0.2, 0) is 9.59 Å². The highest BCUT2D eigenvalue weighted by molar-refractivity contribution is 6.13. The summed E-state index contributed by atoms with van der Waals surface area (Å²) in [7, 11) is 0. The molecular weight excluding hydrogens is 188 g/mol. The Balaban J connectivity index is 2.19. The number of fused-ring (bicyclic) bond motifs is 5. The van der Waals surface area contributed by atoms with Crippen LogP contribution in [0.2, 0.25) is 0 Å². The van der Waals surface area contributed by atoms with Crippen LogP contribution < -0.4 is 0 Å². The van der Waals surface area contributed by atoms with Crippen molar-refractivity contribution < 1.29 is 9.59 Å². The smallest absolute Gasteiger partial charge is 0.163 e. The molecule has 3 rings (SSSR count). The van der Waals surface area contributed by atoms with Crippen molar-refractivity contribution in [2.45, 2.75) is 20.3 Å². The summed E-state index contributed by atoms with van der Waals surface area (Å²) in [4.78, 5) is 24.2. The lowest BCUT2D eigenvalue weighted by Crippen LogP contribution is -2.45. The molecule has 0 amide bonds. The van der Waals surface area contributed by atoms with Crippen LogP contribution in [0.1, 0.15) is 20.3 Å². The van der Waals surface area contributed by atoms with E-state index in [2.05, 4.69) is 12.2 Å². The van der Waals surface area contributed by atoms with E-state index in [1.165, 1.54) is 0 Å². The quantitative estimate of drug-likeness (QED) is 0.562. The number of carbonyl (C=O) groups excluding carboxylic acids is 2. The second-order valence-electron chi connectivity index (χ2n) is 5.21. The fourth-order valence-corrected chi connectivity index (χ4v) is 3.57. The Bertz CT molecular complexity index is 430. The molecule has 2 bridgehead atoms. The molecule has 4 atom stereocenters. The van der Waals surface area contributed by atoms with Gasteiger partial charge in [-0.3, -0.25) is 9.59 Å². The van der Waals surface area contributed by atoms with Gasteiger partial charge in [0.1, 0.15) is 0 Å². The Morgan fingerprint density at radius 2 is 2.07 bits per heavy atom. The Labute approximate surface area is 89.0 Å². The number of rotatable bonds is 0. The van der Waals surface area contributed by atoms with Crippen LogP contribution in [-0.4, -0.2) is 11.6 Å². The average molecular weight is 202 g/mol. The van der Waals surface area contributed by atoms with Gasteiger partial charge in [-0.2, -0.15) is 0 Å². The van der Waals surface area contributed by atoms with Gasteiger partial charge in [0.25, 0.3) is 0 Å². The fraction of sp³-hybridized carbons (Fsp3) is 0.538. The first kappa shape index (κ1) is 9.08. The fourth-order valence-electron chi connectivity index (χ4n) is 3.57. The van der Waals surface area contributed by atoms with Gasteiger partial charge in [-0.05, 0) is 36.8 Å². The third-order valence-corrected chi connectivity index (χ3v) is 4.51. The van der Waals surface area contributed by atoms with Crippen molar-refractivity contribution in [3.05, 3.63) is 23.8 Å². The monoisotopic (exact) mass is 202 g/mol. The number of carbonyl (C=O) groups is 2. The highest BCUT2D eigenvalue weighted by Gasteiger charge is 2.60. The molecule has 0 N–H and O–H groups in total. The highest BCUT2D eigenvalue weighted by Crippen LogP contribution is 2.58. The number of Topliss-reactive ketones (excluding diaryl/α,β-unsaturated/α-hetero) is 1. The molecule has 0 saturated heterocycles. The van der Waals surface area contributed by atoms with E-state index >= 15 is 0 Å². The van der Waals surface area contributed by atoms with E-state index in [1.807, 2.05) is 6.92 Å². The number of allylic oxidation sites excluding steroid dienone is 4. The minimum Gasteiger partial charge on any atom is -0.294 e. The molecule has 0 heterocycles. The molecule has 3 aliphatic carbocycles. The summed E-state index contributed by atoms with van der Waals surface area (Å²) in [5, 5.41) is 0. The first-order valence-corrected chi connectivity index (χ1v) is 5.50. The van der Waals surface area contributed by atoms with Crippen molar-refractivity contribution in [3.63, 3.8) is 0 Å². The Morgan fingerprint density at radius 1 is 1.33 bits per heavy atom. The Kier molecular flexibility index (Phi) is 1.51. The number of ketones is 2. The third-order valence-electron chi connectivity index (χ3n) is 4.51. The maximum Gasteiger partial charge on any atom is 0.163 e. The Morgan fingerprint density at radius 3 is 2.80 bits per heavy atom. The van der Waals surface area contributed by atoms with Crippen LogP contribution in [0.15, 0.2) is 23.8 Å². The van der Waals surface area contributed by atoms with Crippen molar-refractivity contribution >= 4 is 11.6 Å². The number of hydrogen-bond acceptors (Lipinski definition) is 2. The summed E-state index contributed by atoms with van der Waals surface area (Å²) >= 11 is 0. The van der Waals surface area contributed by atoms with Crippen molar-refractivity contribution in [2.75, 3.05) is 0 Å². The first-order chi connectivity index (χ1) is 7.05. The molecule has 78 valence electrons. The molecule has 0 aromatic carbocycles. The van der Waals surface area contributed by atoms with Crippen LogP contribution in [0, 0.1) is 23.2 Å². The van der Waals surface area contributed by atoms with E-state index in [4.69, 9.17) is 0 Å². The van der Waals surface area contributed by atoms with E-state index in [9.17, 15) is 9.59 Å². The van der Waals surface area contributed by atoms with Crippen molar-refractivity contribution in [3.8, 4) is 0 Å². The predicted octanol–water partition coefficient (Wildman–Crippen LogP) is 1.91. The number of hydrogen-bond donors (Lipinski definition) is 0. The van der Waals surface area contributed by atoms with E-state index < -0.39 is 5.41 Å². The van der Waals surface area contributed by atoms with Gasteiger partial charge >= 0.3 is 0 Å². The zero-order chi connectivity index (χ0) is 10.8. The highest BCUT2D eigenvalue weighted by atomic mass is 16.1. The van der Waals surface area contributed by atoms with Gasteiger partial charge in [0.2, 0.25) is 0 Å². The molecule has 0 aromatic rings. The SMILES string of the molecule is CC1=CC(=O)[C@]2(C)[C@H](C1=O)[C@@H]1C=C[C@H]2C1. The van der Waals surface area contributed by atoms with E-state index in [0.717, 1.165) is 6.42 Å². The molecule has 0 spiro atoms. The second-order valence-corrected chi connectivity index (χ2v) is 5.21. The molecule has 0 unspecified atom stereocenters. The first-order valence-electron chi connectivity index (χ1n) is 5.50. The van der Waals surface area contributed by atoms with Crippen molar-refractivity contribution in [1.29, 1.82) is 0 Å². The molecule has 0 radical (unpaired) electrons. The van der Waals surface area contributed by atoms with E-state index in [0.29, 0.717) is 11.5 Å². The zero-order valence-electron chi connectivity index (χ0n) is 8.99. The molecular formula is C13H14O2. The molecule has 2 nitrogen and oxygen atoms in total. The van der Waals surface area contributed by atoms with Crippen LogP contribution in [0.25, 0.3) is 0 Å². The van der Waals surface area contributed by atoms with Crippen molar-refractivity contribution in [2.24, 2.45) is 23.2 Å². The molecule has 3 aliphatic rings. The summed E-state index contributed by atoms with van der Waals surface area (Å²) < 4.78 is 0. The topological polar surface area (TPSA) is 34.1 Å². The van der Waals surface area contributed by atoms with Gasteiger partial charge in [-0.15, -0.1) is 0 Å². The van der Waals surface area contributed by atoms with Gasteiger partial charge in [0, 0.05) is 11.3 Å². The second kappa shape index (κ2) is 2.49. The molecule has 2 heteroatoms. The average Bonchev–Trinajstić information content (AvgIpc) is 2.74. The van der Waals surface area contributed by atoms with Gasteiger partial charge in [-0.1, -0.05) is 19.1 Å². The van der Waals surface area contributed by atoms with E-state index in [1.54, 1.807) is 13.0 Å². The summed E-state index contributed by atoms with van der Waals surface area (Å²) in [5.74, 6) is 0.855. The van der Waals surface area contributed by atoms with Gasteiger partial charge in [-0.25, -0.2) is 0 Å². The van der Waals surface area contributed by atoms with E-state index in [-0.39, 0.29) is 23.4 Å². The Hall–Kier alpha value is -1.18. The largest absolute Gasteiger partial charge is 0.294 e. The minimum absolute atomic E-state index is 0.0787. The lowest BCUT2D eigenvalue weighted by Gasteiger charge is -2.38. The lowest BCUT2D eigenvalue weighted by atomic mass is 9.62. The maximum atomic E-state index is 12.1. The third kappa shape index (κ3) is 0.858. The summed E-state index contributed by atoms with van der Waals surface area (Å²) in [6.45, 7) is 3.73. The molecule has 1 fully saturated rings. The standard InChI is InChI=1S/C13H14O2/c1-7-5-10(14)13(2)9-4-3-8(6-9)11(13)12(7)15/h3-5,8-9,11H,6H2,1-2H3/t8-,9+,11+,13-/m1/s1. The van der Waals surface area contributed by atoms with Gasteiger partial charge in [0.15, 0.2) is 11.6 Å². The molecule has 1 saturated carbocycles. The molecule has 0 aromatic heterocycles. The predicted molar refractivity (Wildman–Crippen MR) is 56.1 cm³/mol. The van der Waals surface area contributed by atoms with Crippen LogP contribution >= 0.6 is 0 Å². The summed E-state index contributed by atoms with van der Waals surface area (Å²) in [6.07, 6.45) is 6.79. The van der Waals surface area contributed by atoms with Gasteiger partial charge in [0.05, 0.1) is 0 Å². The zero-order valence-corrected chi connectivity index (χ0v) is 8.99. The van der Waals surface area contributed by atoms with Crippen molar-refractivity contribution in [1.82, 2.24) is 0 Å². The van der Waals surface area contributed by atoms with Crippen LogP contribution in [0.5, 0.6) is 0 Å². The summed E-state index contributed by atoms with van der Waals surface area (Å²) in [6, 6.07) is 0.